The van der Waals surface area contributed by atoms with Gasteiger partial charge in [-0.3, -0.25) is 9.80 Å². The summed E-state index contributed by atoms with van der Waals surface area (Å²) in [5.41, 5.74) is 2.72. The average molecular weight is 374 g/mol. The highest BCUT2D eigenvalue weighted by atomic mass is 16.5. The maximum atomic E-state index is 9.34. The molecule has 3 heterocycles. The molecule has 5 heteroatoms. The Kier molecular flexibility index (Phi) is 6.66. The number of aliphatic hydroxyl groups excluding tert-OH is 1. The zero-order valence-electron chi connectivity index (χ0n) is 16.5. The summed E-state index contributed by atoms with van der Waals surface area (Å²) < 4.78 is 5.56. The minimum Gasteiger partial charge on any atom is -0.396 e. The highest BCUT2D eigenvalue weighted by Crippen LogP contribution is 2.25. The van der Waals surface area contributed by atoms with E-state index in [1.165, 1.54) is 43.6 Å². The maximum Gasteiger partial charge on any atom is 0.0622 e. The molecule has 3 aliphatic rings. The van der Waals surface area contributed by atoms with Crippen molar-refractivity contribution in [1.29, 1.82) is 0 Å². The highest BCUT2D eigenvalue weighted by molar-refractivity contribution is 5.51. The quantitative estimate of drug-likeness (QED) is 0.803. The number of anilines is 1. The number of benzene rings is 1. The number of nitrogens with one attached hydrogen (secondary N) is 1. The first kappa shape index (κ1) is 19.2. The van der Waals surface area contributed by atoms with Crippen LogP contribution in [0.4, 0.5) is 5.69 Å². The van der Waals surface area contributed by atoms with Crippen LogP contribution in [0.3, 0.4) is 0 Å². The Labute approximate surface area is 163 Å². The molecule has 150 valence electrons. The van der Waals surface area contributed by atoms with Crippen molar-refractivity contribution in [3.8, 4) is 0 Å². The smallest absolute Gasteiger partial charge is 0.0622 e. The number of nitrogens with zero attached hydrogens (tertiary/aromatic N) is 2. The van der Waals surface area contributed by atoms with Crippen molar-refractivity contribution in [2.45, 2.75) is 50.7 Å². The van der Waals surface area contributed by atoms with Gasteiger partial charge in [0.05, 0.1) is 6.61 Å². The Morgan fingerprint density at radius 1 is 1.00 bits per heavy atom. The zero-order valence-corrected chi connectivity index (χ0v) is 16.5. The van der Waals surface area contributed by atoms with Gasteiger partial charge in [-0.25, -0.2) is 0 Å². The summed E-state index contributed by atoms with van der Waals surface area (Å²) in [6.07, 6.45) is 5.87. The van der Waals surface area contributed by atoms with Gasteiger partial charge in [0.15, 0.2) is 0 Å². The normalized spacial score (nSPS) is 26.5. The lowest BCUT2D eigenvalue weighted by molar-refractivity contribution is 0.124. The summed E-state index contributed by atoms with van der Waals surface area (Å²) in [5, 5.41) is 13.2. The van der Waals surface area contributed by atoms with E-state index in [2.05, 4.69) is 39.4 Å². The second-order valence-electron chi connectivity index (χ2n) is 8.53. The monoisotopic (exact) mass is 373 g/mol. The van der Waals surface area contributed by atoms with Crippen molar-refractivity contribution >= 4 is 5.69 Å². The Balaban J connectivity index is 1.29. The largest absolute Gasteiger partial charge is 0.396 e. The summed E-state index contributed by atoms with van der Waals surface area (Å²) >= 11 is 0. The van der Waals surface area contributed by atoms with Gasteiger partial charge in [0.2, 0.25) is 0 Å². The molecule has 0 bridgehead atoms. The van der Waals surface area contributed by atoms with E-state index in [9.17, 15) is 5.11 Å². The number of hydrogen-bond acceptors (Lipinski definition) is 5. The molecule has 0 unspecified atom stereocenters. The second kappa shape index (κ2) is 9.37. The zero-order chi connectivity index (χ0) is 18.5. The number of hydrogen-bond donors (Lipinski definition) is 2. The predicted molar refractivity (Wildman–Crippen MR) is 109 cm³/mol. The Morgan fingerprint density at radius 2 is 1.78 bits per heavy atom. The Hall–Kier alpha value is -1.14. The third-order valence-corrected chi connectivity index (χ3v) is 6.69. The van der Waals surface area contributed by atoms with Gasteiger partial charge >= 0.3 is 0 Å². The molecule has 0 spiro atoms. The van der Waals surface area contributed by atoms with Gasteiger partial charge in [0.25, 0.3) is 0 Å². The standard InChI is InChI=1S/C22H35N3O2/c26-16-18-5-10-24(11-6-18)15-19-3-1-2-4-22(19)23-20-7-12-25(13-8-20)21-9-14-27-17-21/h1-4,18,20-21,23,26H,5-17H2/t21-/m0/s1. The summed E-state index contributed by atoms with van der Waals surface area (Å²) in [4.78, 5) is 5.16. The molecule has 3 fully saturated rings. The van der Waals surface area contributed by atoms with Crippen LogP contribution >= 0.6 is 0 Å². The van der Waals surface area contributed by atoms with E-state index in [-0.39, 0.29) is 0 Å². The molecule has 4 rings (SSSR count). The van der Waals surface area contributed by atoms with Crippen molar-refractivity contribution in [2.24, 2.45) is 5.92 Å². The molecule has 1 aromatic carbocycles. The predicted octanol–water partition coefficient (Wildman–Crippen LogP) is 2.56. The topological polar surface area (TPSA) is 48.0 Å². The second-order valence-corrected chi connectivity index (χ2v) is 8.53. The van der Waals surface area contributed by atoms with Gasteiger partial charge in [-0.1, -0.05) is 18.2 Å². The average Bonchev–Trinajstić information content (AvgIpc) is 3.25. The molecule has 5 nitrogen and oxygen atoms in total. The highest BCUT2D eigenvalue weighted by Gasteiger charge is 2.28. The maximum absolute atomic E-state index is 9.34. The molecule has 0 aromatic heterocycles. The Morgan fingerprint density at radius 3 is 2.48 bits per heavy atom. The van der Waals surface area contributed by atoms with Crippen LogP contribution in [-0.2, 0) is 11.3 Å². The summed E-state index contributed by atoms with van der Waals surface area (Å²) in [7, 11) is 0. The lowest BCUT2D eigenvalue weighted by atomic mass is 9.97. The molecular weight excluding hydrogens is 338 g/mol. The minimum atomic E-state index is 0.345. The van der Waals surface area contributed by atoms with Gasteiger partial charge in [-0.2, -0.15) is 0 Å². The number of piperidine rings is 2. The lowest BCUT2D eigenvalue weighted by Crippen LogP contribution is -2.45. The fourth-order valence-corrected chi connectivity index (χ4v) is 4.81. The molecule has 2 N–H and O–H groups in total. The van der Waals surface area contributed by atoms with Crippen LogP contribution in [0, 0.1) is 5.92 Å². The van der Waals surface area contributed by atoms with E-state index < -0.39 is 0 Å². The molecule has 27 heavy (non-hydrogen) atoms. The van der Waals surface area contributed by atoms with E-state index >= 15 is 0 Å². The Bertz CT molecular complexity index is 575. The first-order valence-electron chi connectivity index (χ1n) is 10.8. The fourth-order valence-electron chi connectivity index (χ4n) is 4.81. The van der Waals surface area contributed by atoms with Crippen molar-refractivity contribution in [3.05, 3.63) is 29.8 Å². The summed E-state index contributed by atoms with van der Waals surface area (Å²) in [6, 6.07) is 10.0. The van der Waals surface area contributed by atoms with Gasteiger partial charge in [0, 0.05) is 50.6 Å². The molecule has 3 saturated heterocycles. The number of ether oxygens (including phenoxy) is 1. The van der Waals surface area contributed by atoms with Crippen molar-refractivity contribution < 1.29 is 9.84 Å². The SMILES string of the molecule is OCC1CCN(Cc2ccccc2NC2CCN([C@H]3CCOC3)CC2)CC1. The molecule has 3 aliphatic heterocycles. The van der Waals surface area contributed by atoms with Gasteiger partial charge in [-0.15, -0.1) is 0 Å². The number of likely N-dealkylation sites (tertiary alicyclic amines) is 2. The minimum absolute atomic E-state index is 0.345. The van der Waals surface area contributed by atoms with Crippen LogP contribution in [0.5, 0.6) is 0 Å². The molecule has 0 aliphatic carbocycles. The fraction of sp³-hybridized carbons (Fsp3) is 0.727. The van der Waals surface area contributed by atoms with Crippen LogP contribution in [0.25, 0.3) is 0 Å². The van der Waals surface area contributed by atoms with Crippen molar-refractivity contribution in [1.82, 2.24) is 9.80 Å². The van der Waals surface area contributed by atoms with E-state index in [1.54, 1.807) is 0 Å². The van der Waals surface area contributed by atoms with E-state index in [0.29, 0.717) is 24.6 Å². The third kappa shape index (κ3) is 5.02. The van der Waals surface area contributed by atoms with Gasteiger partial charge in [0.1, 0.15) is 0 Å². The van der Waals surface area contributed by atoms with Crippen LogP contribution in [0.15, 0.2) is 24.3 Å². The molecule has 0 saturated carbocycles. The molecule has 1 atom stereocenters. The first-order chi connectivity index (χ1) is 13.3. The van der Waals surface area contributed by atoms with Crippen molar-refractivity contribution in [2.75, 3.05) is 51.3 Å². The van der Waals surface area contributed by atoms with E-state index in [4.69, 9.17) is 4.74 Å². The number of para-hydroxylation sites is 1. The summed E-state index contributed by atoms with van der Waals surface area (Å²) in [6.45, 7) is 7.78. The number of aliphatic hydroxyl groups is 1. The van der Waals surface area contributed by atoms with Crippen LogP contribution < -0.4 is 5.32 Å². The van der Waals surface area contributed by atoms with Crippen molar-refractivity contribution in [3.63, 3.8) is 0 Å². The first-order valence-corrected chi connectivity index (χ1v) is 10.8. The molecular formula is C22H35N3O2. The van der Waals surface area contributed by atoms with E-state index in [1.807, 2.05) is 0 Å². The number of rotatable bonds is 6. The molecule has 0 radical (unpaired) electrons. The molecule has 1 aromatic rings. The van der Waals surface area contributed by atoms with Gasteiger partial charge < -0.3 is 15.2 Å². The van der Waals surface area contributed by atoms with E-state index in [0.717, 1.165) is 45.7 Å². The van der Waals surface area contributed by atoms with Crippen LogP contribution in [-0.4, -0.2) is 73.0 Å². The molecule has 0 amide bonds. The van der Waals surface area contributed by atoms with Crippen LogP contribution in [0.2, 0.25) is 0 Å². The van der Waals surface area contributed by atoms with Gasteiger partial charge in [-0.05, 0) is 62.7 Å². The summed E-state index contributed by atoms with van der Waals surface area (Å²) in [5.74, 6) is 0.505. The third-order valence-electron chi connectivity index (χ3n) is 6.69. The lowest BCUT2D eigenvalue weighted by Gasteiger charge is -2.36. The van der Waals surface area contributed by atoms with Crippen LogP contribution in [0.1, 0.15) is 37.7 Å².